The zero-order valence-corrected chi connectivity index (χ0v) is 17.4. The second-order valence-electron chi connectivity index (χ2n) is 8.17. The number of fused-ring (bicyclic) bond motifs is 1. The van der Waals surface area contributed by atoms with Gasteiger partial charge < -0.3 is 9.47 Å². The van der Waals surface area contributed by atoms with E-state index in [-0.39, 0.29) is 17.6 Å². The van der Waals surface area contributed by atoms with Gasteiger partial charge in [0.05, 0.1) is 5.69 Å². The van der Waals surface area contributed by atoms with Crippen molar-refractivity contribution in [3.05, 3.63) is 75.8 Å². The van der Waals surface area contributed by atoms with Gasteiger partial charge in [-0.15, -0.1) is 0 Å². The molecule has 2 heterocycles. The molecule has 0 aliphatic rings. The van der Waals surface area contributed by atoms with Crippen molar-refractivity contribution in [1.82, 2.24) is 9.38 Å². The Bertz CT molecular complexity index is 1100. The topological polar surface area (TPSA) is 69.9 Å². The lowest BCUT2D eigenvalue weighted by Crippen LogP contribution is -2.26. The molecule has 2 aromatic heterocycles. The number of esters is 1. The fraction of sp³-hybridized carbons (Fsp3) is 0.348. The Morgan fingerprint density at radius 3 is 2.66 bits per heavy atom. The van der Waals surface area contributed by atoms with Crippen LogP contribution in [0.3, 0.4) is 0 Å². The van der Waals surface area contributed by atoms with Crippen LogP contribution in [0, 0.1) is 6.92 Å². The van der Waals surface area contributed by atoms with Gasteiger partial charge in [0.25, 0.3) is 5.56 Å². The lowest BCUT2D eigenvalue weighted by molar-refractivity contribution is -0.152. The molecule has 3 aromatic rings. The summed E-state index contributed by atoms with van der Waals surface area (Å²) in [5, 5.41) is 0. The van der Waals surface area contributed by atoms with Gasteiger partial charge in [-0.1, -0.05) is 39.0 Å². The standard InChI is InChI=1S/C23H26N2O4/c1-15-9-10-20-24-18(12-21(26)25(20)13-15)14-28-22(27)16(2)29-19-8-6-7-17(11-19)23(3,4)5/h6-13,16H,14H2,1-5H3/t16-/m1/s1. The zero-order chi connectivity index (χ0) is 21.2. The first-order valence-electron chi connectivity index (χ1n) is 9.56. The number of pyridine rings is 1. The number of carbonyl (C=O) groups excluding carboxylic acids is 1. The van der Waals surface area contributed by atoms with Crippen LogP contribution in [0.25, 0.3) is 5.65 Å². The van der Waals surface area contributed by atoms with Crippen LogP contribution in [0.4, 0.5) is 0 Å². The van der Waals surface area contributed by atoms with E-state index in [9.17, 15) is 9.59 Å². The van der Waals surface area contributed by atoms with Gasteiger partial charge in [0.1, 0.15) is 18.0 Å². The van der Waals surface area contributed by atoms with Crippen molar-refractivity contribution in [2.75, 3.05) is 0 Å². The smallest absolute Gasteiger partial charge is 0.347 e. The van der Waals surface area contributed by atoms with Gasteiger partial charge in [0.2, 0.25) is 0 Å². The highest BCUT2D eigenvalue weighted by Gasteiger charge is 2.19. The summed E-state index contributed by atoms with van der Waals surface area (Å²) in [7, 11) is 0. The van der Waals surface area contributed by atoms with Crippen LogP contribution in [-0.2, 0) is 21.6 Å². The lowest BCUT2D eigenvalue weighted by atomic mass is 9.87. The molecule has 0 aliphatic carbocycles. The molecule has 3 rings (SSSR count). The predicted molar refractivity (Wildman–Crippen MR) is 111 cm³/mol. The molecule has 0 saturated carbocycles. The van der Waals surface area contributed by atoms with Crippen molar-refractivity contribution in [1.29, 1.82) is 0 Å². The minimum absolute atomic E-state index is 0.0164. The van der Waals surface area contributed by atoms with Gasteiger partial charge in [-0.2, -0.15) is 0 Å². The fourth-order valence-electron chi connectivity index (χ4n) is 2.88. The molecule has 0 fully saturated rings. The zero-order valence-electron chi connectivity index (χ0n) is 17.4. The van der Waals surface area contributed by atoms with E-state index >= 15 is 0 Å². The minimum Gasteiger partial charge on any atom is -0.479 e. The maximum Gasteiger partial charge on any atom is 0.347 e. The number of aryl methyl sites for hydroxylation is 1. The van der Waals surface area contributed by atoms with Crippen molar-refractivity contribution in [2.24, 2.45) is 0 Å². The highest BCUT2D eigenvalue weighted by Crippen LogP contribution is 2.26. The van der Waals surface area contributed by atoms with Crippen LogP contribution in [0.5, 0.6) is 5.75 Å². The van der Waals surface area contributed by atoms with Crippen LogP contribution in [0.1, 0.15) is 44.5 Å². The first kappa shape index (κ1) is 20.6. The van der Waals surface area contributed by atoms with Crippen LogP contribution in [-0.4, -0.2) is 21.5 Å². The van der Waals surface area contributed by atoms with Crippen molar-refractivity contribution in [2.45, 2.75) is 52.7 Å². The van der Waals surface area contributed by atoms with Crippen molar-refractivity contribution < 1.29 is 14.3 Å². The molecule has 0 aliphatic heterocycles. The SMILES string of the molecule is Cc1ccc2nc(COC(=O)[C@@H](C)Oc3cccc(C(C)(C)C)c3)cc(=O)n2c1. The Morgan fingerprint density at radius 1 is 1.17 bits per heavy atom. The molecule has 1 aromatic carbocycles. The third kappa shape index (κ3) is 5.02. The third-order valence-corrected chi connectivity index (χ3v) is 4.57. The third-order valence-electron chi connectivity index (χ3n) is 4.57. The summed E-state index contributed by atoms with van der Waals surface area (Å²) in [6.07, 6.45) is 0.941. The van der Waals surface area contributed by atoms with Crippen molar-refractivity contribution in [3.8, 4) is 5.75 Å². The first-order valence-corrected chi connectivity index (χ1v) is 9.56. The maximum absolute atomic E-state index is 12.3. The molecule has 6 nitrogen and oxygen atoms in total. The van der Waals surface area contributed by atoms with Crippen LogP contribution in [0.15, 0.2) is 53.5 Å². The number of aromatic nitrogens is 2. The van der Waals surface area contributed by atoms with Gasteiger partial charge in [-0.3, -0.25) is 9.20 Å². The second-order valence-corrected chi connectivity index (χ2v) is 8.17. The molecule has 29 heavy (non-hydrogen) atoms. The summed E-state index contributed by atoms with van der Waals surface area (Å²) in [4.78, 5) is 29.0. The number of rotatable bonds is 5. The second kappa shape index (κ2) is 8.07. The summed E-state index contributed by atoms with van der Waals surface area (Å²) in [6, 6.07) is 12.7. The summed E-state index contributed by atoms with van der Waals surface area (Å²) in [6.45, 7) is 9.80. The molecule has 0 amide bonds. The number of nitrogens with zero attached hydrogens (tertiary/aromatic N) is 2. The number of ether oxygens (including phenoxy) is 2. The number of hydrogen-bond donors (Lipinski definition) is 0. The first-order chi connectivity index (χ1) is 13.6. The van der Waals surface area contributed by atoms with Gasteiger partial charge in [-0.05, 0) is 48.6 Å². The highest BCUT2D eigenvalue weighted by molar-refractivity contribution is 5.74. The van der Waals surface area contributed by atoms with E-state index in [1.54, 1.807) is 19.2 Å². The number of benzene rings is 1. The van der Waals surface area contributed by atoms with E-state index in [0.29, 0.717) is 17.1 Å². The van der Waals surface area contributed by atoms with E-state index in [1.165, 1.54) is 10.5 Å². The van der Waals surface area contributed by atoms with Gasteiger partial charge in [-0.25, -0.2) is 9.78 Å². The molecule has 0 unspecified atom stereocenters. The average molecular weight is 394 g/mol. The van der Waals surface area contributed by atoms with Gasteiger partial charge >= 0.3 is 5.97 Å². The fourth-order valence-corrected chi connectivity index (χ4v) is 2.88. The Morgan fingerprint density at radius 2 is 1.93 bits per heavy atom. The van der Waals surface area contributed by atoms with E-state index in [0.717, 1.165) is 11.1 Å². The van der Waals surface area contributed by atoms with E-state index in [1.807, 2.05) is 37.3 Å². The van der Waals surface area contributed by atoms with Gasteiger partial charge in [0.15, 0.2) is 6.10 Å². The normalized spacial score (nSPS) is 12.6. The van der Waals surface area contributed by atoms with Gasteiger partial charge in [0, 0.05) is 12.3 Å². The summed E-state index contributed by atoms with van der Waals surface area (Å²) >= 11 is 0. The quantitative estimate of drug-likeness (QED) is 0.616. The Balaban J connectivity index is 1.66. The minimum atomic E-state index is -0.783. The molecule has 0 N–H and O–H groups in total. The Hall–Kier alpha value is -3.15. The highest BCUT2D eigenvalue weighted by atomic mass is 16.6. The monoisotopic (exact) mass is 394 g/mol. The van der Waals surface area contributed by atoms with E-state index < -0.39 is 12.1 Å². The number of carbonyl (C=O) groups is 1. The number of hydrogen-bond acceptors (Lipinski definition) is 5. The molecule has 1 atom stereocenters. The molecular formula is C23H26N2O4. The van der Waals surface area contributed by atoms with E-state index in [4.69, 9.17) is 9.47 Å². The Labute approximate surface area is 170 Å². The summed E-state index contributed by atoms with van der Waals surface area (Å²) in [5.74, 6) is 0.0939. The molecular weight excluding hydrogens is 368 g/mol. The van der Waals surface area contributed by atoms with Crippen molar-refractivity contribution >= 4 is 11.6 Å². The van der Waals surface area contributed by atoms with E-state index in [2.05, 4.69) is 25.8 Å². The van der Waals surface area contributed by atoms with Crippen LogP contribution >= 0.6 is 0 Å². The largest absolute Gasteiger partial charge is 0.479 e. The lowest BCUT2D eigenvalue weighted by Gasteiger charge is -2.20. The maximum atomic E-state index is 12.3. The molecule has 0 spiro atoms. The summed E-state index contributed by atoms with van der Waals surface area (Å²) in [5.41, 5.74) is 2.76. The predicted octanol–water partition coefficient (Wildman–Crippen LogP) is 3.81. The molecule has 152 valence electrons. The summed E-state index contributed by atoms with van der Waals surface area (Å²) < 4.78 is 12.5. The average Bonchev–Trinajstić information content (AvgIpc) is 2.66. The van der Waals surface area contributed by atoms with Crippen LogP contribution < -0.4 is 10.3 Å². The van der Waals surface area contributed by atoms with Crippen molar-refractivity contribution in [3.63, 3.8) is 0 Å². The Kier molecular flexibility index (Phi) is 5.73. The molecule has 0 bridgehead atoms. The molecule has 6 heteroatoms. The van der Waals surface area contributed by atoms with Crippen LogP contribution in [0.2, 0.25) is 0 Å². The molecule has 0 radical (unpaired) electrons. The molecule has 0 saturated heterocycles.